The van der Waals surface area contributed by atoms with E-state index in [1.807, 2.05) is 6.07 Å². The minimum atomic E-state index is -2.12. The molecule has 2 rings (SSSR count). The van der Waals surface area contributed by atoms with E-state index in [4.69, 9.17) is 18.7 Å². The minimum Gasteiger partial charge on any atom is -0.466 e. The van der Waals surface area contributed by atoms with Crippen LogP contribution in [0, 0.1) is 0 Å². The Balaban J connectivity index is 2.05. The summed E-state index contributed by atoms with van der Waals surface area (Å²) in [6.07, 6.45) is -0.337. The molecule has 0 amide bonds. The molecule has 0 aliphatic carbocycles. The lowest BCUT2D eigenvalue weighted by Crippen LogP contribution is -2.45. The van der Waals surface area contributed by atoms with Crippen molar-refractivity contribution in [3.63, 3.8) is 0 Å². The number of benzene rings is 1. The molecule has 1 heterocycles. The van der Waals surface area contributed by atoms with E-state index in [2.05, 4.69) is 39.0 Å². The molecule has 0 aromatic heterocycles. The molecular formula is C21H31NO6Si. The topological polar surface area (TPSA) is 83.4 Å². The summed E-state index contributed by atoms with van der Waals surface area (Å²) in [4.78, 5) is 29.2. The Morgan fingerprint density at radius 1 is 1.24 bits per heavy atom. The molecule has 0 saturated heterocycles. The molecule has 2 unspecified atom stereocenters. The van der Waals surface area contributed by atoms with Crippen molar-refractivity contribution >= 4 is 26.0 Å². The maximum atomic E-state index is 12.3. The molecule has 8 heteroatoms. The third kappa shape index (κ3) is 6.40. The van der Waals surface area contributed by atoms with Crippen LogP contribution < -0.4 is 0 Å². The number of carbonyl (C=O) groups excluding carboxylic acids is 2. The second-order valence-corrected chi connectivity index (χ2v) is 13.4. The van der Waals surface area contributed by atoms with Gasteiger partial charge in [-0.15, -0.1) is 0 Å². The molecule has 29 heavy (non-hydrogen) atoms. The van der Waals surface area contributed by atoms with Crippen molar-refractivity contribution in [1.29, 1.82) is 0 Å². The molecule has 0 spiro atoms. The largest absolute Gasteiger partial charge is 0.466 e. The van der Waals surface area contributed by atoms with Gasteiger partial charge < -0.3 is 18.7 Å². The molecule has 1 aromatic carbocycles. The summed E-state index contributed by atoms with van der Waals surface area (Å²) >= 11 is 0. The lowest BCUT2D eigenvalue weighted by Gasteiger charge is -2.39. The van der Waals surface area contributed by atoms with E-state index in [1.165, 1.54) is 7.11 Å². The summed E-state index contributed by atoms with van der Waals surface area (Å²) in [7, 11) is -0.800. The highest BCUT2D eigenvalue weighted by Crippen LogP contribution is 2.38. The van der Waals surface area contributed by atoms with Crippen molar-refractivity contribution in [2.45, 2.75) is 64.0 Å². The standard InChI is InChI=1S/C21H31NO6Si/c1-21(2,3)29(5,6)28-17(12-16-13-18(27-22-16)20(24)25-4)14-26-19(23)15-10-8-7-9-11-15/h7-11,17-18H,12-14H2,1-6H3. The lowest BCUT2D eigenvalue weighted by atomic mass is 10.1. The Hall–Kier alpha value is -2.19. The Bertz CT molecular complexity index is 741. The van der Waals surface area contributed by atoms with E-state index < -0.39 is 26.4 Å². The van der Waals surface area contributed by atoms with E-state index >= 15 is 0 Å². The van der Waals surface area contributed by atoms with E-state index in [1.54, 1.807) is 24.3 Å². The Morgan fingerprint density at radius 2 is 1.90 bits per heavy atom. The van der Waals surface area contributed by atoms with Crippen LogP contribution in [0.25, 0.3) is 0 Å². The van der Waals surface area contributed by atoms with Crippen LogP contribution in [-0.2, 0) is 23.5 Å². The summed E-state index contributed by atoms with van der Waals surface area (Å²) in [6, 6.07) is 8.84. The molecular weight excluding hydrogens is 390 g/mol. The predicted octanol–water partition coefficient (Wildman–Crippen LogP) is 3.94. The second-order valence-electron chi connectivity index (χ2n) is 8.65. The summed E-state index contributed by atoms with van der Waals surface area (Å²) in [5.74, 6) is -0.854. The molecule has 0 fully saturated rings. The van der Waals surface area contributed by atoms with Gasteiger partial charge in [0.15, 0.2) is 8.32 Å². The van der Waals surface area contributed by atoms with E-state index in [-0.39, 0.29) is 17.7 Å². The number of hydrogen-bond acceptors (Lipinski definition) is 7. The van der Waals surface area contributed by atoms with Crippen molar-refractivity contribution in [2.24, 2.45) is 5.16 Å². The zero-order valence-electron chi connectivity index (χ0n) is 18.1. The number of esters is 2. The first-order chi connectivity index (χ1) is 13.5. The number of ether oxygens (including phenoxy) is 2. The Kier molecular flexibility index (Phi) is 7.59. The first kappa shape index (κ1) is 23.1. The average molecular weight is 422 g/mol. The maximum absolute atomic E-state index is 12.3. The molecule has 2 atom stereocenters. The SMILES string of the molecule is COC(=O)C1CC(CC(COC(=O)c2ccccc2)O[Si](C)(C)C(C)(C)C)=NO1. The van der Waals surface area contributed by atoms with E-state index in [0.29, 0.717) is 24.1 Å². The van der Waals surface area contributed by atoms with Crippen LogP contribution in [0.1, 0.15) is 44.0 Å². The molecule has 160 valence electrons. The van der Waals surface area contributed by atoms with Gasteiger partial charge in [0.1, 0.15) is 6.61 Å². The van der Waals surface area contributed by atoms with Gasteiger partial charge in [0, 0.05) is 12.8 Å². The van der Waals surface area contributed by atoms with Crippen LogP contribution in [0.4, 0.5) is 0 Å². The number of rotatable bonds is 8. The molecule has 7 nitrogen and oxygen atoms in total. The van der Waals surface area contributed by atoms with Gasteiger partial charge in [0.2, 0.25) is 6.10 Å². The fourth-order valence-electron chi connectivity index (χ4n) is 2.62. The van der Waals surface area contributed by atoms with Crippen molar-refractivity contribution in [3.05, 3.63) is 35.9 Å². The summed E-state index contributed by atoms with van der Waals surface area (Å²) in [6.45, 7) is 10.8. The summed E-state index contributed by atoms with van der Waals surface area (Å²) < 4.78 is 16.7. The quantitative estimate of drug-likeness (QED) is 0.467. The fraction of sp³-hybridized carbons (Fsp3) is 0.571. The lowest BCUT2D eigenvalue weighted by molar-refractivity contribution is -0.152. The minimum absolute atomic E-state index is 0.00275. The molecule has 0 bridgehead atoms. The smallest absolute Gasteiger partial charge is 0.350 e. The second kappa shape index (κ2) is 9.54. The van der Waals surface area contributed by atoms with Crippen molar-refractivity contribution in [1.82, 2.24) is 0 Å². The fourth-order valence-corrected chi connectivity index (χ4v) is 3.96. The molecule has 0 saturated carbocycles. The van der Waals surface area contributed by atoms with Gasteiger partial charge in [0.05, 0.1) is 24.5 Å². The van der Waals surface area contributed by atoms with Gasteiger partial charge in [-0.3, -0.25) is 0 Å². The van der Waals surface area contributed by atoms with Crippen molar-refractivity contribution in [2.75, 3.05) is 13.7 Å². The van der Waals surface area contributed by atoms with Gasteiger partial charge in [0.25, 0.3) is 0 Å². The third-order valence-corrected chi connectivity index (χ3v) is 9.87. The van der Waals surface area contributed by atoms with Gasteiger partial charge in [-0.2, -0.15) is 0 Å². The van der Waals surface area contributed by atoms with Crippen molar-refractivity contribution < 1.29 is 28.3 Å². The first-order valence-electron chi connectivity index (χ1n) is 9.73. The van der Waals surface area contributed by atoms with Gasteiger partial charge in [-0.1, -0.05) is 44.1 Å². The maximum Gasteiger partial charge on any atom is 0.350 e. The monoisotopic (exact) mass is 421 g/mol. The molecule has 0 radical (unpaired) electrons. The number of hydrogen-bond donors (Lipinski definition) is 0. The number of carbonyl (C=O) groups is 2. The van der Waals surface area contributed by atoms with Gasteiger partial charge in [-0.25, -0.2) is 9.59 Å². The molecule has 1 aromatic rings. The van der Waals surface area contributed by atoms with Gasteiger partial charge in [-0.05, 0) is 30.3 Å². The highest BCUT2D eigenvalue weighted by atomic mass is 28.4. The van der Waals surface area contributed by atoms with Crippen LogP contribution in [0.5, 0.6) is 0 Å². The van der Waals surface area contributed by atoms with E-state index in [9.17, 15) is 9.59 Å². The number of nitrogens with zero attached hydrogens (tertiary/aromatic N) is 1. The molecule has 1 aliphatic rings. The highest BCUT2D eigenvalue weighted by molar-refractivity contribution is 6.74. The zero-order chi connectivity index (χ0) is 21.7. The summed E-state index contributed by atoms with van der Waals surface area (Å²) in [5, 5.41) is 4.01. The van der Waals surface area contributed by atoms with Gasteiger partial charge >= 0.3 is 11.9 Å². The predicted molar refractivity (Wildman–Crippen MR) is 112 cm³/mol. The molecule has 1 aliphatic heterocycles. The Morgan fingerprint density at radius 3 is 2.48 bits per heavy atom. The zero-order valence-corrected chi connectivity index (χ0v) is 19.1. The number of oxime groups is 1. The van der Waals surface area contributed by atoms with Crippen molar-refractivity contribution in [3.8, 4) is 0 Å². The first-order valence-corrected chi connectivity index (χ1v) is 12.6. The van der Waals surface area contributed by atoms with Crippen LogP contribution in [-0.4, -0.2) is 51.9 Å². The average Bonchev–Trinajstić information content (AvgIpc) is 3.13. The number of methoxy groups -OCH3 is 1. The van der Waals surface area contributed by atoms with Crippen LogP contribution in [0.15, 0.2) is 35.5 Å². The van der Waals surface area contributed by atoms with Crippen LogP contribution in [0.3, 0.4) is 0 Å². The van der Waals surface area contributed by atoms with Crippen LogP contribution >= 0.6 is 0 Å². The van der Waals surface area contributed by atoms with E-state index in [0.717, 1.165) is 0 Å². The third-order valence-electron chi connectivity index (χ3n) is 5.33. The highest BCUT2D eigenvalue weighted by Gasteiger charge is 2.40. The summed E-state index contributed by atoms with van der Waals surface area (Å²) in [5.41, 5.74) is 1.19. The van der Waals surface area contributed by atoms with Crippen LogP contribution in [0.2, 0.25) is 18.1 Å². The Labute approximate surface area is 173 Å². The normalized spacial score (nSPS) is 17.9. The molecule has 0 N–H and O–H groups in total.